The minimum absolute atomic E-state index is 0.0683. The Kier molecular flexibility index (Phi) is 9.08. The van der Waals surface area contributed by atoms with E-state index in [4.69, 9.17) is 9.84 Å². The molecule has 3 N–H and O–H groups in total. The number of aliphatic hydroxyl groups excluding tert-OH is 1. The van der Waals surface area contributed by atoms with Crippen molar-refractivity contribution in [3.8, 4) is 0 Å². The van der Waals surface area contributed by atoms with E-state index < -0.39 is 30.1 Å². The number of likely N-dealkylation sites (tertiary alicyclic amines) is 1. The Morgan fingerprint density at radius 1 is 1.28 bits per heavy atom. The van der Waals surface area contributed by atoms with Gasteiger partial charge in [-0.05, 0) is 38.2 Å². The van der Waals surface area contributed by atoms with Gasteiger partial charge in [0.25, 0.3) is 0 Å². The summed E-state index contributed by atoms with van der Waals surface area (Å²) in [6.45, 7) is 2.10. The average molecular weight is 406 g/mol. The molecule has 1 amide bonds. The van der Waals surface area contributed by atoms with Crippen molar-refractivity contribution in [2.24, 2.45) is 0 Å². The summed E-state index contributed by atoms with van der Waals surface area (Å²) in [5.74, 6) is -1.80. The Morgan fingerprint density at radius 2 is 2.00 bits per heavy atom. The first kappa shape index (κ1) is 22.8. The van der Waals surface area contributed by atoms with E-state index in [1.54, 1.807) is 6.92 Å². The van der Waals surface area contributed by atoms with Gasteiger partial charge in [-0.1, -0.05) is 30.3 Å². The Hall–Kier alpha value is -2.45. The molecule has 0 radical (unpaired) electrons. The van der Waals surface area contributed by atoms with Crippen LogP contribution in [0.3, 0.4) is 0 Å². The number of amides is 1. The summed E-state index contributed by atoms with van der Waals surface area (Å²) >= 11 is 0. The van der Waals surface area contributed by atoms with E-state index in [-0.39, 0.29) is 19.1 Å². The van der Waals surface area contributed by atoms with Gasteiger partial charge in [-0.3, -0.25) is 14.9 Å². The fourth-order valence-corrected chi connectivity index (χ4v) is 3.46. The molecule has 2 rings (SSSR count). The van der Waals surface area contributed by atoms with Gasteiger partial charge in [0.15, 0.2) is 0 Å². The van der Waals surface area contributed by atoms with Crippen LogP contribution in [0.25, 0.3) is 0 Å². The van der Waals surface area contributed by atoms with E-state index in [0.717, 1.165) is 5.56 Å². The first-order valence-electron chi connectivity index (χ1n) is 10.0. The van der Waals surface area contributed by atoms with Crippen LogP contribution in [-0.4, -0.2) is 70.8 Å². The van der Waals surface area contributed by atoms with Crippen LogP contribution >= 0.6 is 0 Å². The molecule has 1 saturated heterocycles. The molecule has 1 aliphatic rings. The highest BCUT2D eigenvalue weighted by Crippen LogP contribution is 2.20. The number of aliphatic carboxylic acids is 1. The molecule has 8 nitrogen and oxygen atoms in total. The number of rotatable bonds is 11. The average Bonchev–Trinajstić information content (AvgIpc) is 3.21. The van der Waals surface area contributed by atoms with Crippen LogP contribution in [0.15, 0.2) is 30.3 Å². The number of carbonyl (C=O) groups excluding carboxylic acids is 2. The van der Waals surface area contributed by atoms with Crippen LogP contribution < -0.4 is 5.32 Å². The molecule has 1 heterocycles. The maximum atomic E-state index is 12.8. The van der Waals surface area contributed by atoms with E-state index >= 15 is 0 Å². The van der Waals surface area contributed by atoms with E-state index in [0.29, 0.717) is 38.6 Å². The van der Waals surface area contributed by atoms with E-state index in [2.05, 4.69) is 5.32 Å². The van der Waals surface area contributed by atoms with Crippen molar-refractivity contribution in [2.75, 3.05) is 19.8 Å². The number of benzene rings is 1. The Bertz CT molecular complexity index is 681. The summed E-state index contributed by atoms with van der Waals surface area (Å²) in [6.07, 6.45) is 2.49. The maximum absolute atomic E-state index is 12.8. The Morgan fingerprint density at radius 3 is 2.66 bits per heavy atom. The van der Waals surface area contributed by atoms with E-state index in [1.807, 2.05) is 30.3 Å². The summed E-state index contributed by atoms with van der Waals surface area (Å²) in [4.78, 5) is 38.2. The van der Waals surface area contributed by atoms with Gasteiger partial charge in [0, 0.05) is 19.6 Å². The van der Waals surface area contributed by atoms with Gasteiger partial charge in [-0.25, -0.2) is 4.79 Å². The zero-order valence-corrected chi connectivity index (χ0v) is 16.8. The lowest BCUT2D eigenvalue weighted by atomic mass is 10.0. The molecule has 1 aliphatic heterocycles. The Labute approximate surface area is 170 Å². The number of carboxylic acid groups (broad SMARTS) is 1. The number of carbonyl (C=O) groups is 3. The summed E-state index contributed by atoms with van der Waals surface area (Å²) < 4.78 is 5.13. The second kappa shape index (κ2) is 11.5. The lowest BCUT2D eigenvalue weighted by Crippen LogP contribution is -2.53. The quantitative estimate of drug-likeness (QED) is 0.370. The van der Waals surface area contributed by atoms with Gasteiger partial charge in [-0.15, -0.1) is 0 Å². The molecule has 8 heteroatoms. The van der Waals surface area contributed by atoms with Gasteiger partial charge >= 0.3 is 11.9 Å². The van der Waals surface area contributed by atoms with Crippen LogP contribution in [0.4, 0.5) is 0 Å². The number of ether oxygens (including phenoxy) is 1. The summed E-state index contributed by atoms with van der Waals surface area (Å²) in [7, 11) is 0. The standard InChI is InChI=1S/C21H30N2O6/c1-15(22-17(20(26)27)11-10-16-7-3-2-4-8-16)19(25)23-12-5-9-18(23)21(28)29-14-6-13-24/h2-4,7-8,15,17-18,22,24H,5-6,9-14H2,1H3,(H,26,27)/t15-,17-,18-/m0/s1. The van der Waals surface area contributed by atoms with Gasteiger partial charge < -0.3 is 19.8 Å². The summed E-state index contributed by atoms with van der Waals surface area (Å²) in [5.41, 5.74) is 1.03. The van der Waals surface area contributed by atoms with Crippen molar-refractivity contribution >= 4 is 17.8 Å². The van der Waals surface area contributed by atoms with Gasteiger partial charge in [0.05, 0.1) is 12.6 Å². The second-order valence-electron chi connectivity index (χ2n) is 7.24. The number of nitrogens with one attached hydrogen (secondary N) is 1. The van der Waals surface area contributed by atoms with Crippen molar-refractivity contribution < 1.29 is 29.3 Å². The molecule has 3 atom stereocenters. The maximum Gasteiger partial charge on any atom is 0.328 e. The molecule has 0 aromatic heterocycles. The first-order valence-corrected chi connectivity index (χ1v) is 10.0. The SMILES string of the molecule is C[C@H](N[C@@H](CCc1ccccc1)C(=O)O)C(=O)N1CCC[C@H]1C(=O)OCCCO. The summed E-state index contributed by atoms with van der Waals surface area (Å²) in [6, 6.07) is 7.31. The van der Waals surface area contributed by atoms with Gasteiger partial charge in [0.1, 0.15) is 12.1 Å². The predicted molar refractivity (Wildman–Crippen MR) is 106 cm³/mol. The number of aryl methyl sites for hydroxylation is 1. The number of hydrogen-bond acceptors (Lipinski definition) is 6. The molecule has 1 fully saturated rings. The number of esters is 1. The largest absolute Gasteiger partial charge is 0.480 e. The smallest absolute Gasteiger partial charge is 0.328 e. The highest BCUT2D eigenvalue weighted by Gasteiger charge is 2.37. The molecule has 1 aromatic carbocycles. The molecule has 160 valence electrons. The molecular weight excluding hydrogens is 376 g/mol. The van der Waals surface area contributed by atoms with Gasteiger partial charge in [0.2, 0.25) is 5.91 Å². The third kappa shape index (κ3) is 6.83. The molecule has 0 spiro atoms. The fourth-order valence-electron chi connectivity index (χ4n) is 3.46. The van der Waals surface area contributed by atoms with Crippen LogP contribution in [0.5, 0.6) is 0 Å². The van der Waals surface area contributed by atoms with Crippen molar-refractivity contribution in [2.45, 2.75) is 57.2 Å². The predicted octanol–water partition coefficient (Wildman–Crippen LogP) is 0.967. The number of nitrogens with zero attached hydrogens (tertiary/aromatic N) is 1. The van der Waals surface area contributed by atoms with Crippen LogP contribution in [0, 0.1) is 0 Å². The number of hydrogen-bond donors (Lipinski definition) is 3. The molecule has 0 aliphatic carbocycles. The van der Waals surface area contributed by atoms with Crippen molar-refractivity contribution in [3.63, 3.8) is 0 Å². The lowest BCUT2D eigenvalue weighted by Gasteiger charge is -2.28. The minimum atomic E-state index is -1.01. The molecule has 1 aromatic rings. The monoisotopic (exact) mass is 406 g/mol. The minimum Gasteiger partial charge on any atom is -0.480 e. The summed E-state index contributed by atoms with van der Waals surface area (Å²) in [5, 5.41) is 21.2. The van der Waals surface area contributed by atoms with Crippen molar-refractivity contribution in [1.82, 2.24) is 10.2 Å². The molecule has 0 bridgehead atoms. The topological polar surface area (TPSA) is 116 Å². The zero-order chi connectivity index (χ0) is 21.2. The fraction of sp³-hybridized carbons (Fsp3) is 0.571. The van der Waals surface area contributed by atoms with Gasteiger partial charge in [-0.2, -0.15) is 0 Å². The Balaban J connectivity index is 1.92. The highest BCUT2D eigenvalue weighted by atomic mass is 16.5. The molecule has 0 unspecified atom stereocenters. The normalized spacial score (nSPS) is 18.3. The van der Waals surface area contributed by atoms with Crippen molar-refractivity contribution in [3.05, 3.63) is 35.9 Å². The van der Waals surface area contributed by atoms with E-state index in [1.165, 1.54) is 4.90 Å². The number of carboxylic acids is 1. The highest BCUT2D eigenvalue weighted by molar-refractivity contribution is 5.88. The lowest BCUT2D eigenvalue weighted by molar-refractivity contribution is -0.154. The van der Waals surface area contributed by atoms with Crippen LogP contribution in [0.2, 0.25) is 0 Å². The third-order valence-corrected chi connectivity index (χ3v) is 5.04. The van der Waals surface area contributed by atoms with Crippen LogP contribution in [-0.2, 0) is 25.5 Å². The van der Waals surface area contributed by atoms with E-state index in [9.17, 15) is 19.5 Å². The van der Waals surface area contributed by atoms with Crippen molar-refractivity contribution in [1.29, 1.82) is 0 Å². The molecular formula is C21H30N2O6. The first-order chi connectivity index (χ1) is 13.9. The second-order valence-corrected chi connectivity index (χ2v) is 7.24. The molecule has 29 heavy (non-hydrogen) atoms. The molecule has 0 saturated carbocycles. The zero-order valence-electron chi connectivity index (χ0n) is 16.8. The van der Waals surface area contributed by atoms with Crippen LogP contribution in [0.1, 0.15) is 38.2 Å². The third-order valence-electron chi connectivity index (χ3n) is 5.04. The number of aliphatic hydroxyl groups is 1.